The third kappa shape index (κ3) is 10.2. The van der Waals surface area contributed by atoms with Gasteiger partial charge in [-0.3, -0.25) is 4.79 Å². The van der Waals surface area contributed by atoms with Crippen molar-refractivity contribution in [1.82, 2.24) is 15.6 Å². The predicted octanol–water partition coefficient (Wildman–Crippen LogP) is 8.27. The summed E-state index contributed by atoms with van der Waals surface area (Å²) in [5, 5.41) is 8.61. The van der Waals surface area contributed by atoms with Crippen molar-refractivity contribution in [2.45, 2.75) is 104 Å². The molecule has 1 aliphatic heterocycles. The number of rotatable bonds is 13. The second kappa shape index (κ2) is 17.5. The summed E-state index contributed by atoms with van der Waals surface area (Å²) in [4.78, 5) is 58.7. The summed E-state index contributed by atoms with van der Waals surface area (Å²) < 4.78 is 29.7. The standard InChI is InChI=1S/C43H51BrN4O9/c1-25(2)33(48-40(52)57-42(6,7)8)36-45-32(24-54-23-26-15-11-10-12-16-26)35(55-36)43(29-19-14-20-30(44)34(29)47-38(43)50)28-18-13-17-27(21-28)22-31(37(49)53-9)46-39(51)56-41(3,4)5/h10-21,25,31,33H,22-24H2,1-9H3,(H,46,51)(H,47,50)(H,48,52)/t31-,33-,43?/m0/s1. The largest absolute Gasteiger partial charge is 0.467 e. The van der Waals surface area contributed by atoms with Crippen molar-refractivity contribution in [3.8, 4) is 0 Å². The Labute approximate surface area is 341 Å². The topological polar surface area (TPSA) is 167 Å². The maximum Gasteiger partial charge on any atom is 0.408 e. The van der Waals surface area contributed by atoms with E-state index in [1.807, 2.05) is 62.4 Å². The molecule has 14 heteroatoms. The molecule has 13 nitrogen and oxygen atoms in total. The van der Waals surface area contributed by atoms with Gasteiger partial charge in [-0.15, -0.1) is 0 Å². The SMILES string of the molecule is COC(=O)[C@H](Cc1cccc(C2(c3oc([C@@H](NC(=O)OC(C)(C)C)C(C)C)nc3COCc3ccccc3)C(=O)Nc3c(Br)cccc32)c1)NC(=O)OC(C)(C)C. The number of aromatic nitrogens is 1. The van der Waals surface area contributed by atoms with Gasteiger partial charge in [0.05, 0.1) is 26.0 Å². The lowest BCUT2D eigenvalue weighted by atomic mass is 9.72. The number of ether oxygens (including phenoxy) is 4. The molecule has 0 aliphatic carbocycles. The number of nitrogens with zero attached hydrogens (tertiary/aromatic N) is 1. The van der Waals surface area contributed by atoms with Gasteiger partial charge >= 0.3 is 18.2 Å². The number of halogens is 1. The van der Waals surface area contributed by atoms with Crippen LogP contribution in [0, 0.1) is 5.92 Å². The number of carbonyl (C=O) groups is 4. The van der Waals surface area contributed by atoms with E-state index in [0.29, 0.717) is 32.5 Å². The zero-order valence-corrected chi connectivity index (χ0v) is 35.4. The maximum absolute atomic E-state index is 14.9. The second-order valence-corrected chi connectivity index (χ2v) is 17.0. The highest BCUT2D eigenvalue weighted by atomic mass is 79.9. The van der Waals surface area contributed by atoms with Crippen LogP contribution in [-0.4, -0.2) is 53.4 Å². The van der Waals surface area contributed by atoms with Crippen LogP contribution in [-0.2, 0) is 53.6 Å². The first-order chi connectivity index (χ1) is 26.8. The van der Waals surface area contributed by atoms with Crippen molar-refractivity contribution in [3.63, 3.8) is 0 Å². The second-order valence-electron chi connectivity index (χ2n) is 16.2. The van der Waals surface area contributed by atoms with E-state index >= 15 is 0 Å². The van der Waals surface area contributed by atoms with Crippen molar-refractivity contribution in [1.29, 1.82) is 0 Å². The number of benzene rings is 3. The molecule has 1 aliphatic rings. The summed E-state index contributed by atoms with van der Waals surface area (Å²) in [7, 11) is 1.24. The maximum atomic E-state index is 14.9. The van der Waals surface area contributed by atoms with Gasteiger partial charge in [0, 0.05) is 16.5 Å². The van der Waals surface area contributed by atoms with Gasteiger partial charge in [-0.1, -0.05) is 80.6 Å². The molecule has 3 atom stereocenters. The quantitative estimate of drug-likeness (QED) is 0.0881. The summed E-state index contributed by atoms with van der Waals surface area (Å²) >= 11 is 3.62. The fraction of sp³-hybridized carbons (Fsp3) is 0.419. The smallest absolute Gasteiger partial charge is 0.408 e. The molecule has 2 heterocycles. The van der Waals surface area contributed by atoms with Gasteiger partial charge < -0.3 is 39.3 Å². The fourth-order valence-corrected chi connectivity index (χ4v) is 7.04. The van der Waals surface area contributed by atoms with Gasteiger partial charge in [0.1, 0.15) is 29.0 Å². The molecule has 0 spiro atoms. The van der Waals surface area contributed by atoms with E-state index in [1.54, 1.807) is 65.8 Å². The highest BCUT2D eigenvalue weighted by Gasteiger charge is 2.55. The summed E-state index contributed by atoms with van der Waals surface area (Å²) in [6, 6.07) is 20.4. The van der Waals surface area contributed by atoms with Crippen LogP contribution in [0.25, 0.3) is 0 Å². The highest BCUT2D eigenvalue weighted by Crippen LogP contribution is 2.51. The summed E-state index contributed by atoms with van der Waals surface area (Å²) in [6.07, 6.45) is -1.43. The molecule has 3 aromatic carbocycles. The van der Waals surface area contributed by atoms with E-state index < -0.39 is 52.8 Å². The Balaban J connectivity index is 1.67. The van der Waals surface area contributed by atoms with Gasteiger partial charge in [0.2, 0.25) is 11.8 Å². The lowest BCUT2D eigenvalue weighted by Gasteiger charge is -2.28. The molecule has 0 saturated heterocycles. The Morgan fingerprint density at radius 2 is 1.49 bits per heavy atom. The number of amides is 3. The number of para-hydroxylation sites is 1. The molecule has 1 aromatic heterocycles. The molecule has 3 amide bonds. The molecule has 5 rings (SSSR count). The Bertz CT molecular complexity index is 2090. The molecule has 0 radical (unpaired) electrons. The number of hydrogen-bond donors (Lipinski definition) is 3. The first-order valence-electron chi connectivity index (χ1n) is 18.7. The van der Waals surface area contributed by atoms with Crippen molar-refractivity contribution >= 4 is 45.7 Å². The third-order valence-electron chi connectivity index (χ3n) is 8.98. The van der Waals surface area contributed by atoms with E-state index in [0.717, 1.165) is 5.56 Å². The number of fused-ring (bicyclic) bond motifs is 1. The van der Waals surface area contributed by atoms with E-state index in [9.17, 15) is 19.2 Å². The minimum absolute atomic E-state index is 0.00667. The van der Waals surface area contributed by atoms with E-state index in [4.69, 9.17) is 28.3 Å². The van der Waals surface area contributed by atoms with Crippen LogP contribution in [0.2, 0.25) is 0 Å². The molecule has 4 aromatic rings. The summed E-state index contributed by atoms with van der Waals surface area (Å²) in [5.41, 5.74) is 0.272. The normalized spacial score (nSPS) is 16.3. The van der Waals surface area contributed by atoms with Gasteiger partial charge in [0.15, 0.2) is 11.2 Å². The molecule has 0 fully saturated rings. The molecular formula is C43H51BrN4O9. The zero-order valence-electron chi connectivity index (χ0n) is 33.8. The minimum Gasteiger partial charge on any atom is -0.467 e. The van der Waals surface area contributed by atoms with Gasteiger partial charge in [-0.2, -0.15) is 0 Å². The van der Waals surface area contributed by atoms with Crippen LogP contribution in [0.3, 0.4) is 0 Å². The number of alkyl carbamates (subject to hydrolysis) is 2. The van der Waals surface area contributed by atoms with Gasteiger partial charge in [-0.05, 0) is 86.1 Å². The van der Waals surface area contributed by atoms with Crippen LogP contribution < -0.4 is 16.0 Å². The average Bonchev–Trinajstić information content (AvgIpc) is 3.67. The minimum atomic E-state index is -1.64. The number of carbonyl (C=O) groups excluding carboxylic acids is 4. The first kappa shape index (κ1) is 42.9. The lowest BCUT2D eigenvalue weighted by molar-refractivity contribution is -0.143. The predicted molar refractivity (Wildman–Crippen MR) is 216 cm³/mol. The van der Waals surface area contributed by atoms with Crippen LogP contribution >= 0.6 is 15.9 Å². The third-order valence-corrected chi connectivity index (χ3v) is 9.64. The zero-order chi connectivity index (χ0) is 41.7. The molecule has 0 saturated carbocycles. The Kier molecular flexibility index (Phi) is 13.2. The van der Waals surface area contributed by atoms with E-state index in [2.05, 4.69) is 31.9 Å². The Hall–Kier alpha value is -5.21. The average molecular weight is 848 g/mol. The van der Waals surface area contributed by atoms with Crippen LogP contribution in [0.15, 0.2) is 81.7 Å². The van der Waals surface area contributed by atoms with Crippen molar-refractivity contribution < 1.29 is 42.5 Å². The van der Waals surface area contributed by atoms with Gasteiger partial charge in [0.25, 0.3) is 0 Å². The van der Waals surface area contributed by atoms with Crippen molar-refractivity contribution in [2.75, 3.05) is 12.4 Å². The number of nitrogens with one attached hydrogen (secondary N) is 3. The lowest BCUT2D eigenvalue weighted by Crippen LogP contribution is -2.45. The molecule has 1 unspecified atom stereocenters. The van der Waals surface area contributed by atoms with E-state index in [-0.39, 0.29) is 37.2 Å². The Morgan fingerprint density at radius 1 is 0.860 bits per heavy atom. The number of oxazole rings is 1. The van der Waals surface area contributed by atoms with Crippen molar-refractivity contribution in [2.24, 2.45) is 5.92 Å². The molecule has 304 valence electrons. The number of methoxy groups -OCH3 is 1. The van der Waals surface area contributed by atoms with Crippen LogP contribution in [0.5, 0.6) is 0 Å². The molecule has 57 heavy (non-hydrogen) atoms. The highest BCUT2D eigenvalue weighted by molar-refractivity contribution is 9.10. The van der Waals surface area contributed by atoms with E-state index in [1.165, 1.54) is 7.11 Å². The fourth-order valence-electron chi connectivity index (χ4n) is 6.57. The van der Waals surface area contributed by atoms with Crippen LogP contribution in [0.1, 0.15) is 101 Å². The first-order valence-corrected chi connectivity index (χ1v) is 19.5. The summed E-state index contributed by atoms with van der Waals surface area (Å²) in [5.74, 6) is -0.976. The number of anilines is 1. The monoisotopic (exact) mass is 846 g/mol. The molecule has 3 N–H and O–H groups in total. The summed E-state index contributed by atoms with van der Waals surface area (Å²) in [6.45, 7) is 14.5. The number of hydrogen-bond acceptors (Lipinski definition) is 10. The van der Waals surface area contributed by atoms with Crippen LogP contribution in [0.4, 0.5) is 15.3 Å². The van der Waals surface area contributed by atoms with Gasteiger partial charge in [-0.25, -0.2) is 19.4 Å². The van der Waals surface area contributed by atoms with Crippen molar-refractivity contribution in [3.05, 3.63) is 117 Å². The Morgan fingerprint density at radius 3 is 2.12 bits per heavy atom. The number of esters is 1. The molecular weight excluding hydrogens is 796 g/mol. The molecule has 0 bridgehead atoms.